The summed E-state index contributed by atoms with van der Waals surface area (Å²) >= 11 is 5.07. The predicted molar refractivity (Wildman–Crippen MR) is 49.2 cm³/mol. The van der Waals surface area contributed by atoms with E-state index in [1.54, 1.807) is 0 Å². The average molecular weight is 173 g/mol. The summed E-state index contributed by atoms with van der Waals surface area (Å²) in [4.78, 5) is 6.09. The molecule has 4 heteroatoms. The smallest absolute Gasteiger partial charge is 0.116 e. The third kappa shape index (κ3) is 1.56. The second-order valence-electron chi connectivity index (χ2n) is 2.11. The van der Waals surface area contributed by atoms with Crippen LogP contribution in [-0.2, 0) is 0 Å². The number of pyridine rings is 1. The molecule has 0 spiro atoms. The summed E-state index contributed by atoms with van der Waals surface area (Å²) in [5.41, 5.74) is 0.993. The van der Waals surface area contributed by atoms with Crippen molar-refractivity contribution in [1.29, 1.82) is 0 Å². The summed E-state index contributed by atoms with van der Waals surface area (Å²) < 4.78 is 0.884. The first-order chi connectivity index (χ1) is 4.88. The second-order valence-corrected chi connectivity index (χ2v) is 2.55. The van der Waals surface area contributed by atoms with Crippen molar-refractivity contribution in [2.24, 2.45) is 0 Å². The quantitative estimate of drug-likeness (QED) is 0.462. The van der Waals surface area contributed by atoms with E-state index in [1.165, 1.54) is 0 Å². The van der Waals surface area contributed by atoms with E-state index in [9.17, 15) is 0 Å². The second kappa shape index (κ2) is 3.54. The van der Waals surface area contributed by atoms with Crippen LogP contribution in [0.1, 0.15) is 0 Å². The van der Waals surface area contributed by atoms with E-state index >= 15 is 0 Å². The maximum Gasteiger partial charge on any atom is 0.116 e. The van der Waals surface area contributed by atoms with Gasteiger partial charge in [-0.05, 0) is 12.1 Å². The van der Waals surface area contributed by atoms with Gasteiger partial charge in [0, 0.05) is 47.3 Å². The van der Waals surface area contributed by atoms with Gasteiger partial charge in [-0.1, -0.05) is 12.2 Å². The van der Waals surface area contributed by atoms with E-state index in [4.69, 9.17) is 12.2 Å². The maximum atomic E-state index is 5.07. The third-order valence-corrected chi connectivity index (χ3v) is 1.83. The SMILES string of the molecule is S=c1cc[nH]c2[nH]ccc12.[Na]. The molecule has 2 aromatic rings. The normalized spacial score (nSPS) is 9.45. The van der Waals surface area contributed by atoms with Gasteiger partial charge in [-0.25, -0.2) is 0 Å². The van der Waals surface area contributed by atoms with Gasteiger partial charge in [0.15, 0.2) is 0 Å². The number of aromatic nitrogens is 2. The molecule has 2 heterocycles. The van der Waals surface area contributed by atoms with Crippen molar-refractivity contribution in [1.82, 2.24) is 9.97 Å². The molecule has 2 rings (SSSR count). The van der Waals surface area contributed by atoms with Crippen molar-refractivity contribution < 1.29 is 0 Å². The first-order valence-corrected chi connectivity index (χ1v) is 3.43. The van der Waals surface area contributed by atoms with Crippen LogP contribution < -0.4 is 0 Å². The molecule has 51 valence electrons. The van der Waals surface area contributed by atoms with Crippen LogP contribution in [0.25, 0.3) is 11.0 Å². The van der Waals surface area contributed by atoms with E-state index in [-0.39, 0.29) is 29.6 Å². The van der Waals surface area contributed by atoms with E-state index in [1.807, 2.05) is 24.5 Å². The van der Waals surface area contributed by atoms with Crippen LogP contribution in [0, 0.1) is 4.51 Å². The van der Waals surface area contributed by atoms with Crippen LogP contribution in [0.5, 0.6) is 0 Å². The van der Waals surface area contributed by atoms with Crippen molar-refractivity contribution >= 4 is 52.8 Å². The minimum Gasteiger partial charge on any atom is -0.348 e. The summed E-state index contributed by atoms with van der Waals surface area (Å²) in [6.45, 7) is 0. The summed E-state index contributed by atoms with van der Waals surface area (Å²) in [7, 11) is 0. The van der Waals surface area contributed by atoms with Gasteiger partial charge < -0.3 is 9.97 Å². The van der Waals surface area contributed by atoms with Gasteiger partial charge in [0.05, 0.1) is 4.51 Å². The van der Waals surface area contributed by atoms with Crippen LogP contribution in [0.15, 0.2) is 24.5 Å². The van der Waals surface area contributed by atoms with Crippen molar-refractivity contribution in [3.8, 4) is 0 Å². The molecule has 2 nitrogen and oxygen atoms in total. The molecule has 0 aliphatic carbocycles. The molecular formula is C7H6N2NaS. The van der Waals surface area contributed by atoms with Crippen molar-refractivity contribution in [3.63, 3.8) is 0 Å². The zero-order chi connectivity index (χ0) is 6.97. The fraction of sp³-hybridized carbons (Fsp3) is 0. The molecule has 0 atom stereocenters. The van der Waals surface area contributed by atoms with Crippen molar-refractivity contribution in [2.45, 2.75) is 0 Å². The molecule has 2 aromatic heterocycles. The Morgan fingerprint density at radius 3 is 2.36 bits per heavy atom. The Kier molecular flexibility index (Phi) is 2.90. The number of H-pyrrole nitrogens is 2. The number of hydrogen-bond acceptors (Lipinski definition) is 1. The molecule has 0 unspecified atom stereocenters. The Labute approximate surface area is 91.3 Å². The van der Waals surface area contributed by atoms with Gasteiger partial charge in [0.25, 0.3) is 0 Å². The van der Waals surface area contributed by atoms with E-state index in [0.717, 1.165) is 15.5 Å². The molecule has 0 aliphatic heterocycles. The van der Waals surface area contributed by atoms with Gasteiger partial charge in [0.2, 0.25) is 0 Å². The van der Waals surface area contributed by atoms with Crippen molar-refractivity contribution in [3.05, 3.63) is 29.0 Å². The first kappa shape index (κ1) is 9.00. The Balaban J connectivity index is 0.000000605. The van der Waals surface area contributed by atoms with Crippen LogP contribution in [-0.4, -0.2) is 39.5 Å². The maximum absolute atomic E-state index is 5.07. The fourth-order valence-corrected chi connectivity index (χ4v) is 1.22. The fourth-order valence-electron chi connectivity index (χ4n) is 0.985. The van der Waals surface area contributed by atoms with Crippen LogP contribution in [0.2, 0.25) is 0 Å². The predicted octanol–water partition coefficient (Wildman–Crippen LogP) is 1.84. The molecule has 11 heavy (non-hydrogen) atoms. The molecule has 2 N–H and O–H groups in total. The molecular weight excluding hydrogens is 167 g/mol. The Morgan fingerprint density at radius 1 is 1.09 bits per heavy atom. The molecule has 0 amide bonds. The molecule has 0 aromatic carbocycles. The number of rotatable bonds is 0. The summed E-state index contributed by atoms with van der Waals surface area (Å²) in [6.07, 6.45) is 3.71. The van der Waals surface area contributed by atoms with Gasteiger partial charge >= 0.3 is 0 Å². The van der Waals surface area contributed by atoms with Crippen LogP contribution >= 0.6 is 12.2 Å². The number of hydrogen-bond donors (Lipinski definition) is 2. The molecule has 0 saturated heterocycles. The zero-order valence-electron chi connectivity index (χ0n) is 6.22. The summed E-state index contributed by atoms with van der Waals surface area (Å²) in [5, 5.41) is 1.08. The molecule has 1 radical (unpaired) electrons. The third-order valence-electron chi connectivity index (χ3n) is 1.47. The van der Waals surface area contributed by atoms with E-state index in [0.29, 0.717) is 0 Å². The van der Waals surface area contributed by atoms with Crippen molar-refractivity contribution in [2.75, 3.05) is 0 Å². The summed E-state index contributed by atoms with van der Waals surface area (Å²) in [6, 6.07) is 3.85. The monoisotopic (exact) mass is 173 g/mol. The van der Waals surface area contributed by atoms with E-state index in [2.05, 4.69) is 9.97 Å². The number of fused-ring (bicyclic) bond motifs is 1. The zero-order valence-corrected chi connectivity index (χ0v) is 9.03. The summed E-state index contributed by atoms with van der Waals surface area (Å²) in [5.74, 6) is 0. The minimum atomic E-state index is 0. The number of nitrogens with one attached hydrogen (secondary N) is 2. The minimum absolute atomic E-state index is 0. The first-order valence-electron chi connectivity index (χ1n) is 3.03. The number of aromatic amines is 2. The standard InChI is InChI=1S/C7H6N2S.Na/c10-6-2-4-9-7-5(6)1-3-8-7;/h1-4H,(H2,8,9,10);. The van der Waals surface area contributed by atoms with Gasteiger partial charge in [-0.3, -0.25) is 0 Å². The van der Waals surface area contributed by atoms with Gasteiger partial charge in [-0.2, -0.15) is 0 Å². The largest absolute Gasteiger partial charge is 0.348 e. The Hall–Kier alpha value is -0.0900. The van der Waals surface area contributed by atoms with Gasteiger partial charge in [0.1, 0.15) is 5.65 Å². The molecule has 0 bridgehead atoms. The molecule has 0 aliphatic rings. The molecule has 0 fully saturated rings. The average Bonchev–Trinajstić information content (AvgIpc) is 2.36. The van der Waals surface area contributed by atoms with E-state index < -0.39 is 0 Å². The topological polar surface area (TPSA) is 31.6 Å². The Morgan fingerprint density at radius 2 is 1.73 bits per heavy atom. The Bertz CT molecular complexity index is 404. The van der Waals surface area contributed by atoms with Gasteiger partial charge in [-0.15, -0.1) is 0 Å². The van der Waals surface area contributed by atoms with Crippen LogP contribution in [0.4, 0.5) is 0 Å². The molecule has 0 saturated carbocycles. The van der Waals surface area contributed by atoms with Crippen LogP contribution in [0.3, 0.4) is 0 Å².